The Balaban J connectivity index is 2.11. The summed E-state index contributed by atoms with van der Waals surface area (Å²) in [5, 5.41) is 10.0. The fourth-order valence-electron chi connectivity index (χ4n) is 2.86. The maximum atomic E-state index is 11.6. The highest BCUT2D eigenvalue weighted by atomic mass is 35.5. The number of sulfonamides is 1. The van der Waals surface area contributed by atoms with E-state index >= 15 is 0 Å². The first-order valence-electron chi connectivity index (χ1n) is 5.74. The zero-order chi connectivity index (χ0) is 11.8. The van der Waals surface area contributed by atoms with Gasteiger partial charge in [0.25, 0.3) is 0 Å². The van der Waals surface area contributed by atoms with Crippen molar-refractivity contribution >= 4 is 21.6 Å². The normalized spacial score (nSPS) is 37.0. The van der Waals surface area contributed by atoms with Crippen molar-refractivity contribution in [1.29, 1.82) is 0 Å². The van der Waals surface area contributed by atoms with Gasteiger partial charge in [-0.15, -0.1) is 11.6 Å². The molecule has 0 radical (unpaired) electrons. The molecule has 16 heavy (non-hydrogen) atoms. The fourth-order valence-corrected chi connectivity index (χ4v) is 4.19. The van der Waals surface area contributed by atoms with Crippen LogP contribution in [0.1, 0.15) is 32.1 Å². The summed E-state index contributed by atoms with van der Waals surface area (Å²) in [5.74, 6) is 0.0907. The predicted octanol–water partition coefficient (Wildman–Crippen LogP) is 1.14. The Morgan fingerprint density at radius 1 is 1.38 bits per heavy atom. The van der Waals surface area contributed by atoms with E-state index in [0.29, 0.717) is 19.5 Å². The Morgan fingerprint density at radius 2 is 2.12 bits per heavy atom. The molecule has 6 heteroatoms. The second kappa shape index (κ2) is 4.44. The molecule has 2 rings (SSSR count). The number of aliphatic hydroxyl groups is 1. The van der Waals surface area contributed by atoms with Crippen molar-refractivity contribution in [2.45, 2.75) is 37.7 Å². The van der Waals surface area contributed by atoms with Gasteiger partial charge >= 0.3 is 0 Å². The van der Waals surface area contributed by atoms with E-state index in [2.05, 4.69) is 0 Å². The number of alkyl halides is 1. The predicted molar refractivity (Wildman–Crippen MR) is 62.7 cm³/mol. The molecule has 0 aromatic heterocycles. The van der Waals surface area contributed by atoms with E-state index in [1.54, 1.807) is 0 Å². The molecule has 4 nitrogen and oxygen atoms in total. The molecule has 1 N–H and O–H groups in total. The van der Waals surface area contributed by atoms with Gasteiger partial charge in [-0.2, -0.15) is 0 Å². The number of fused-ring (bicyclic) bond motifs is 1. The van der Waals surface area contributed by atoms with E-state index in [1.165, 1.54) is 4.31 Å². The molecule has 2 unspecified atom stereocenters. The highest BCUT2D eigenvalue weighted by Crippen LogP contribution is 2.40. The van der Waals surface area contributed by atoms with Crippen LogP contribution in [-0.4, -0.2) is 41.7 Å². The van der Waals surface area contributed by atoms with E-state index in [9.17, 15) is 13.5 Å². The van der Waals surface area contributed by atoms with E-state index in [1.807, 2.05) is 0 Å². The van der Waals surface area contributed by atoms with Crippen molar-refractivity contribution in [2.75, 3.05) is 18.3 Å². The molecule has 94 valence electrons. The Kier molecular flexibility index (Phi) is 3.50. The molecule has 2 aliphatic rings. The van der Waals surface area contributed by atoms with Gasteiger partial charge in [0.1, 0.15) is 5.21 Å². The topological polar surface area (TPSA) is 57.6 Å². The number of piperidine rings is 1. The van der Waals surface area contributed by atoms with Crippen molar-refractivity contribution in [1.82, 2.24) is 4.31 Å². The molecule has 0 bridgehead atoms. The highest BCUT2D eigenvalue weighted by Gasteiger charge is 2.44. The van der Waals surface area contributed by atoms with Crippen molar-refractivity contribution in [2.24, 2.45) is 5.92 Å². The molecule has 0 amide bonds. The van der Waals surface area contributed by atoms with Gasteiger partial charge in [-0.05, 0) is 19.3 Å². The van der Waals surface area contributed by atoms with E-state index in [-0.39, 0.29) is 11.1 Å². The van der Waals surface area contributed by atoms with Crippen LogP contribution in [0, 0.1) is 5.92 Å². The molecular formula is C10H18ClNO3S. The first kappa shape index (κ1) is 12.6. The molecular weight excluding hydrogens is 250 g/mol. The van der Waals surface area contributed by atoms with Crippen LogP contribution in [0.3, 0.4) is 0 Å². The van der Waals surface area contributed by atoms with Crippen LogP contribution in [0.2, 0.25) is 0 Å². The Morgan fingerprint density at radius 3 is 2.81 bits per heavy atom. The average molecular weight is 268 g/mol. The number of hydrogen-bond donors (Lipinski definition) is 1. The molecule has 1 aliphatic carbocycles. The van der Waals surface area contributed by atoms with Crippen molar-refractivity contribution in [3.8, 4) is 0 Å². The maximum absolute atomic E-state index is 11.6. The monoisotopic (exact) mass is 267 g/mol. The van der Waals surface area contributed by atoms with Gasteiger partial charge in [-0.3, -0.25) is 0 Å². The lowest BCUT2D eigenvalue weighted by molar-refractivity contribution is -0.0816. The second-order valence-electron chi connectivity index (χ2n) is 4.88. The van der Waals surface area contributed by atoms with E-state index in [0.717, 1.165) is 25.7 Å². The van der Waals surface area contributed by atoms with E-state index in [4.69, 9.17) is 11.6 Å². The van der Waals surface area contributed by atoms with Crippen LogP contribution in [-0.2, 0) is 10.0 Å². The maximum Gasteiger partial charge on any atom is 0.228 e. The van der Waals surface area contributed by atoms with Gasteiger partial charge in [0.2, 0.25) is 10.0 Å². The molecule has 1 saturated carbocycles. The van der Waals surface area contributed by atoms with Crippen LogP contribution >= 0.6 is 11.6 Å². The summed E-state index contributed by atoms with van der Waals surface area (Å²) in [6, 6.07) is 0. The van der Waals surface area contributed by atoms with Gasteiger partial charge in [0.15, 0.2) is 0 Å². The SMILES string of the molecule is O=S(=O)(CCl)N1CCC2(O)CCCCC2C1. The van der Waals surface area contributed by atoms with E-state index < -0.39 is 15.6 Å². The lowest BCUT2D eigenvalue weighted by atomic mass is 9.72. The van der Waals surface area contributed by atoms with Gasteiger partial charge < -0.3 is 5.11 Å². The Hall–Kier alpha value is 0.160. The van der Waals surface area contributed by atoms with Gasteiger partial charge in [0.05, 0.1) is 5.60 Å². The van der Waals surface area contributed by atoms with Crippen molar-refractivity contribution in [3.05, 3.63) is 0 Å². The molecule has 2 atom stereocenters. The smallest absolute Gasteiger partial charge is 0.228 e. The van der Waals surface area contributed by atoms with Crippen LogP contribution < -0.4 is 0 Å². The first-order chi connectivity index (χ1) is 7.48. The number of halogens is 1. The molecule has 0 aromatic rings. The van der Waals surface area contributed by atoms with Gasteiger partial charge in [-0.25, -0.2) is 12.7 Å². The fraction of sp³-hybridized carbons (Fsp3) is 1.00. The molecule has 0 aromatic carbocycles. The summed E-state index contributed by atoms with van der Waals surface area (Å²) in [6.07, 6.45) is 4.42. The van der Waals surface area contributed by atoms with Gasteiger partial charge in [-0.1, -0.05) is 12.8 Å². The molecule has 1 saturated heterocycles. The highest BCUT2D eigenvalue weighted by molar-refractivity contribution is 7.90. The molecule has 1 aliphatic heterocycles. The minimum absolute atomic E-state index is 0.0907. The van der Waals surface area contributed by atoms with Crippen LogP contribution in [0.4, 0.5) is 0 Å². The quantitative estimate of drug-likeness (QED) is 0.764. The number of hydrogen-bond acceptors (Lipinski definition) is 3. The minimum atomic E-state index is -3.31. The number of nitrogens with zero attached hydrogens (tertiary/aromatic N) is 1. The standard InChI is InChI=1S/C10H18ClNO3S/c11-8-16(14,15)12-6-5-10(13)4-2-1-3-9(10)7-12/h9,13H,1-8H2. The Bertz CT molecular complexity index is 359. The summed E-state index contributed by atoms with van der Waals surface area (Å²) in [5.41, 5.74) is -0.628. The molecule has 2 fully saturated rings. The minimum Gasteiger partial charge on any atom is -0.390 e. The lowest BCUT2D eigenvalue weighted by Gasteiger charge is -2.46. The summed E-state index contributed by atoms with van der Waals surface area (Å²) >= 11 is 5.44. The summed E-state index contributed by atoms with van der Waals surface area (Å²) < 4.78 is 24.7. The van der Waals surface area contributed by atoms with Gasteiger partial charge in [0, 0.05) is 19.0 Å². The zero-order valence-corrected chi connectivity index (χ0v) is 10.8. The Labute approximate surface area is 102 Å². The van der Waals surface area contributed by atoms with Crippen LogP contribution in [0.5, 0.6) is 0 Å². The van der Waals surface area contributed by atoms with Crippen molar-refractivity contribution in [3.63, 3.8) is 0 Å². The largest absolute Gasteiger partial charge is 0.390 e. The zero-order valence-electron chi connectivity index (χ0n) is 9.23. The van der Waals surface area contributed by atoms with Crippen LogP contribution in [0.15, 0.2) is 0 Å². The summed E-state index contributed by atoms with van der Waals surface area (Å²) in [6.45, 7) is 0.841. The van der Waals surface area contributed by atoms with Crippen LogP contribution in [0.25, 0.3) is 0 Å². The van der Waals surface area contributed by atoms with Crippen molar-refractivity contribution < 1.29 is 13.5 Å². The summed E-state index contributed by atoms with van der Waals surface area (Å²) in [7, 11) is -3.31. The number of rotatable bonds is 2. The lowest BCUT2D eigenvalue weighted by Crippen LogP contribution is -2.54. The molecule has 1 heterocycles. The first-order valence-corrected chi connectivity index (χ1v) is 7.88. The third-order valence-corrected chi connectivity index (χ3v) is 6.14. The average Bonchev–Trinajstić information content (AvgIpc) is 2.27. The second-order valence-corrected chi connectivity index (χ2v) is 7.43. The summed E-state index contributed by atoms with van der Waals surface area (Å²) in [4.78, 5) is 0. The third kappa shape index (κ3) is 2.23. The third-order valence-electron chi connectivity index (χ3n) is 3.92. The molecule has 0 spiro atoms.